The van der Waals surface area contributed by atoms with Gasteiger partial charge in [0.1, 0.15) is 12.9 Å². The molecule has 0 unspecified atom stereocenters. The van der Waals surface area contributed by atoms with Crippen molar-refractivity contribution in [1.29, 1.82) is 5.26 Å². The molecule has 0 saturated heterocycles. The fourth-order valence-electron chi connectivity index (χ4n) is 2.32. The van der Waals surface area contributed by atoms with E-state index in [-0.39, 0.29) is 12.1 Å². The van der Waals surface area contributed by atoms with E-state index < -0.39 is 18.5 Å². The highest BCUT2D eigenvalue weighted by atomic mass is 16.5. The summed E-state index contributed by atoms with van der Waals surface area (Å²) in [6.07, 6.45) is 1.43. The molecule has 0 saturated carbocycles. The van der Waals surface area contributed by atoms with Crippen molar-refractivity contribution in [3.8, 4) is 11.8 Å². The van der Waals surface area contributed by atoms with E-state index in [9.17, 15) is 9.59 Å². The topological polar surface area (TPSA) is 114 Å². The molecule has 27 heavy (non-hydrogen) atoms. The largest absolute Gasteiger partial charge is 0.452 e. The Morgan fingerprint density at radius 1 is 1.11 bits per heavy atom. The zero-order valence-electron chi connectivity index (χ0n) is 14.1. The highest BCUT2D eigenvalue weighted by molar-refractivity contribution is 5.97. The number of hydrogen-bond donors (Lipinski definition) is 0. The number of tetrazole rings is 1. The van der Waals surface area contributed by atoms with Crippen LogP contribution in [0, 0.1) is 11.3 Å². The van der Waals surface area contributed by atoms with Crippen molar-refractivity contribution >= 4 is 17.6 Å². The van der Waals surface area contributed by atoms with Crippen molar-refractivity contribution < 1.29 is 14.3 Å². The average molecular weight is 362 g/mol. The van der Waals surface area contributed by atoms with Crippen LogP contribution in [0.15, 0.2) is 60.9 Å². The van der Waals surface area contributed by atoms with Gasteiger partial charge in [-0.05, 0) is 46.8 Å². The molecule has 0 bridgehead atoms. The molecule has 0 N–H and O–H groups in total. The number of esters is 1. The van der Waals surface area contributed by atoms with Gasteiger partial charge in [0.25, 0.3) is 5.91 Å². The lowest BCUT2D eigenvalue weighted by atomic mass is 10.2. The molecule has 9 heteroatoms. The lowest BCUT2D eigenvalue weighted by Crippen LogP contribution is -2.35. The minimum Gasteiger partial charge on any atom is -0.452 e. The van der Waals surface area contributed by atoms with Crippen molar-refractivity contribution in [2.24, 2.45) is 0 Å². The van der Waals surface area contributed by atoms with Crippen LogP contribution in [0.1, 0.15) is 10.4 Å². The quantitative estimate of drug-likeness (QED) is 0.480. The van der Waals surface area contributed by atoms with Gasteiger partial charge in [-0.1, -0.05) is 18.2 Å². The minimum absolute atomic E-state index is 0.138. The van der Waals surface area contributed by atoms with Crippen molar-refractivity contribution in [1.82, 2.24) is 20.2 Å². The number of anilines is 1. The maximum absolute atomic E-state index is 12.4. The SMILES string of the molecule is N#CCN(C(=O)COC(=O)c1ccc(-n2cnnn2)cc1)c1ccccc1. The number of para-hydroxylation sites is 1. The van der Waals surface area contributed by atoms with E-state index in [4.69, 9.17) is 10.00 Å². The summed E-state index contributed by atoms with van der Waals surface area (Å²) in [5.74, 6) is -1.13. The van der Waals surface area contributed by atoms with Gasteiger partial charge in [0, 0.05) is 5.69 Å². The molecule has 0 atom stereocenters. The zero-order chi connectivity index (χ0) is 19.1. The third-order valence-corrected chi connectivity index (χ3v) is 3.64. The second-order valence-corrected chi connectivity index (χ2v) is 5.35. The molecular weight excluding hydrogens is 348 g/mol. The summed E-state index contributed by atoms with van der Waals surface area (Å²) in [7, 11) is 0. The Hall–Kier alpha value is -4.06. The molecular formula is C18H14N6O3. The van der Waals surface area contributed by atoms with Crippen LogP contribution in [0.5, 0.6) is 0 Å². The molecule has 1 amide bonds. The van der Waals surface area contributed by atoms with Crippen LogP contribution in [0.25, 0.3) is 5.69 Å². The van der Waals surface area contributed by atoms with Crippen LogP contribution in [-0.2, 0) is 9.53 Å². The maximum Gasteiger partial charge on any atom is 0.338 e. The summed E-state index contributed by atoms with van der Waals surface area (Å²) in [5, 5.41) is 19.8. The first-order chi connectivity index (χ1) is 13.2. The molecule has 0 radical (unpaired) electrons. The molecule has 0 aliphatic rings. The van der Waals surface area contributed by atoms with Gasteiger partial charge < -0.3 is 4.74 Å². The van der Waals surface area contributed by atoms with E-state index in [2.05, 4.69) is 15.5 Å². The third-order valence-electron chi connectivity index (χ3n) is 3.64. The van der Waals surface area contributed by atoms with Gasteiger partial charge in [0.15, 0.2) is 6.61 Å². The molecule has 0 aliphatic heterocycles. The number of rotatable bonds is 6. The Morgan fingerprint density at radius 3 is 2.48 bits per heavy atom. The number of ether oxygens (including phenoxy) is 1. The van der Waals surface area contributed by atoms with Crippen LogP contribution >= 0.6 is 0 Å². The Morgan fingerprint density at radius 2 is 1.85 bits per heavy atom. The van der Waals surface area contributed by atoms with E-state index >= 15 is 0 Å². The zero-order valence-corrected chi connectivity index (χ0v) is 14.1. The number of hydrogen-bond acceptors (Lipinski definition) is 7. The van der Waals surface area contributed by atoms with Crippen molar-refractivity contribution in [2.75, 3.05) is 18.1 Å². The summed E-state index contributed by atoms with van der Waals surface area (Å²) in [6.45, 7) is -0.606. The minimum atomic E-state index is -0.642. The standard InChI is InChI=1S/C18H14N6O3/c19-10-11-23(15-4-2-1-3-5-15)17(25)12-27-18(26)14-6-8-16(9-7-14)24-13-20-21-22-24/h1-9,13H,11-12H2. The Kier molecular flexibility index (Phi) is 5.49. The van der Waals surface area contributed by atoms with Crippen molar-refractivity contribution in [3.63, 3.8) is 0 Å². The molecule has 9 nitrogen and oxygen atoms in total. The van der Waals surface area contributed by atoms with E-state index in [1.54, 1.807) is 54.6 Å². The first-order valence-corrected chi connectivity index (χ1v) is 7.92. The van der Waals surface area contributed by atoms with E-state index in [1.807, 2.05) is 6.07 Å². The highest BCUT2D eigenvalue weighted by Gasteiger charge is 2.18. The predicted octanol–water partition coefficient (Wildman–Crippen LogP) is 1.38. The molecule has 1 heterocycles. The van der Waals surface area contributed by atoms with Crippen LogP contribution < -0.4 is 4.90 Å². The molecule has 0 fully saturated rings. The number of nitrogens with zero attached hydrogens (tertiary/aromatic N) is 6. The fourth-order valence-corrected chi connectivity index (χ4v) is 2.32. The number of carbonyl (C=O) groups excluding carboxylic acids is 2. The van der Waals surface area contributed by atoms with Gasteiger partial charge in [0.2, 0.25) is 0 Å². The Labute approximate surface area is 154 Å². The Bertz CT molecular complexity index is 949. The predicted molar refractivity (Wildman–Crippen MR) is 93.8 cm³/mol. The second kappa shape index (κ2) is 8.35. The third kappa shape index (κ3) is 4.32. The number of benzene rings is 2. The van der Waals surface area contributed by atoms with Gasteiger partial charge in [-0.25, -0.2) is 9.48 Å². The molecule has 3 rings (SSSR count). The first kappa shape index (κ1) is 17.8. The van der Waals surface area contributed by atoms with Gasteiger partial charge >= 0.3 is 5.97 Å². The summed E-state index contributed by atoms with van der Waals surface area (Å²) in [4.78, 5) is 25.8. The summed E-state index contributed by atoms with van der Waals surface area (Å²) >= 11 is 0. The Balaban J connectivity index is 1.62. The average Bonchev–Trinajstić information content (AvgIpc) is 3.25. The van der Waals surface area contributed by atoms with Gasteiger partial charge in [-0.3, -0.25) is 9.69 Å². The number of nitriles is 1. The molecule has 2 aromatic carbocycles. The van der Waals surface area contributed by atoms with E-state index in [1.165, 1.54) is 15.9 Å². The van der Waals surface area contributed by atoms with Crippen molar-refractivity contribution in [2.45, 2.75) is 0 Å². The van der Waals surface area contributed by atoms with Gasteiger partial charge in [0.05, 0.1) is 17.3 Å². The normalized spacial score (nSPS) is 10.0. The number of carbonyl (C=O) groups is 2. The summed E-state index contributed by atoms with van der Waals surface area (Å²) in [5.41, 5.74) is 1.52. The van der Waals surface area contributed by atoms with E-state index in [0.29, 0.717) is 11.4 Å². The molecule has 3 aromatic rings. The van der Waals surface area contributed by atoms with Crippen LogP contribution in [0.4, 0.5) is 5.69 Å². The molecule has 0 aliphatic carbocycles. The number of amides is 1. The smallest absolute Gasteiger partial charge is 0.338 e. The number of aromatic nitrogens is 4. The van der Waals surface area contributed by atoms with E-state index in [0.717, 1.165) is 0 Å². The summed E-state index contributed by atoms with van der Waals surface area (Å²) in [6, 6.07) is 17.1. The monoisotopic (exact) mass is 362 g/mol. The van der Waals surface area contributed by atoms with Crippen LogP contribution in [0.3, 0.4) is 0 Å². The van der Waals surface area contributed by atoms with Crippen molar-refractivity contribution in [3.05, 3.63) is 66.5 Å². The van der Waals surface area contributed by atoms with Gasteiger partial charge in [-0.15, -0.1) is 5.10 Å². The summed E-state index contributed by atoms with van der Waals surface area (Å²) < 4.78 is 6.53. The van der Waals surface area contributed by atoms with Gasteiger partial charge in [-0.2, -0.15) is 5.26 Å². The maximum atomic E-state index is 12.4. The first-order valence-electron chi connectivity index (χ1n) is 7.92. The van der Waals surface area contributed by atoms with Crippen LogP contribution in [0.2, 0.25) is 0 Å². The highest BCUT2D eigenvalue weighted by Crippen LogP contribution is 2.14. The fraction of sp³-hybridized carbons (Fsp3) is 0.111. The molecule has 1 aromatic heterocycles. The molecule has 134 valence electrons. The lowest BCUT2D eigenvalue weighted by molar-refractivity contribution is -0.121. The second-order valence-electron chi connectivity index (χ2n) is 5.35. The molecule has 0 spiro atoms. The lowest BCUT2D eigenvalue weighted by Gasteiger charge is -2.19. The van der Waals surface area contributed by atoms with Crippen LogP contribution in [-0.4, -0.2) is 45.2 Å².